The number of phenols is 1. The summed E-state index contributed by atoms with van der Waals surface area (Å²) >= 11 is 5.85. The zero-order valence-electron chi connectivity index (χ0n) is 10.1. The van der Waals surface area contributed by atoms with Crippen molar-refractivity contribution in [2.45, 2.75) is 25.1 Å². The van der Waals surface area contributed by atoms with Crippen molar-refractivity contribution in [1.29, 1.82) is 0 Å². The first kappa shape index (κ1) is 15.6. The Morgan fingerprint density at radius 3 is 2.63 bits per heavy atom. The molecule has 0 heterocycles. The summed E-state index contributed by atoms with van der Waals surface area (Å²) in [6.07, 6.45) is 1.46. The second kappa shape index (κ2) is 6.65. The van der Waals surface area contributed by atoms with E-state index in [0.717, 1.165) is 6.42 Å². The highest BCUT2D eigenvalue weighted by Gasteiger charge is 2.22. The second-order valence-electron chi connectivity index (χ2n) is 3.98. The first-order chi connectivity index (χ1) is 8.88. The number of amides is 1. The molecule has 0 saturated carbocycles. The number of carbonyl (C=O) groups excluding carboxylic acids is 1. The molecule has 0 aliphatic heterocycles. The van der Waals surface area contributed by atoms with Crippen LogP contribution in [0.25, 0.3) is 0 Å². The number of phenolic OH excluding ortho intramolecular Hbond substituents is 1. The predicted molar refractivity (Wildman–Crippen MR) is 64.9 cm³/mol. The number of halogens is 4. The van der Waals surface area contributed by atoms with Crippen molar-refractivity contribution < 1.29 is 23.1 Å². The average Bonchev–Trinajstić information content (AvgIpc) is 2.38. The van der Waals surface area contributed by atoms with E-state index < -0.39 is 34.7 Å². The molecule has 7 heteroatoms. The Labute approximate surface area is 113 Å². The smallest absolute Gasteiger partial charge is 0.254 e. The van der Waals surface area contributed by atoms with Gasteiger partial charge in [-0.15, -0.1) is 11.6 Å². The molecule has 0 aromatic heterocycles. The van der Waals surface area contributed by atoms with Crippen LogP contribution in [0, 0.1) is 17.5 Å². The summed E-state index contributed by atoms with van der Waals surface area (Å²) < 4.78 is 39.2. The Morgan fingerprint density at radius 2 is 2.05 bits per heavy atom. The van der Waals surface area contributed by atoms with E-state index in [2.05, 4.69) is 5.32 Å². The summed E-state index contributed by atoms with van der Waals surface area (Å²) in [6.45, 7) is 1.97. The van der Waals surface area contributed by atoms with Crippen LogP contribution < -0.4 is 5.32 Å². The van der Waals surface area contributed by atoms with E-state index in [-0.39, 0.29) is 11.9 Å². The minimum Gasteiger partial charge on any atom is -0.503 e. The Bertz CT molecular complexity index is 483. The minimum atomic E-state index is -1.73. The number of aromatic hydroxyl groups is 1. The quantitative estimate of drug-likeness (QED) is 0.648. The molecule has 0 radical (unpaired) electrons. The lowest BCUT2D eigenvalue weighted by molar-refractivity contribution is 0.0947. The van der Waals surface area contributed by atoms with Gasteiger partial charge in [0.2, 0.25) is 5.82 Å². The fraction of sp³-hybridized carbons (Fsp3) is 0.417. The van der Waals surface area contributed by atoms with Gasteiger partial charge in [-0.25, -0.2) is 8.78 Å². The number of carbonyl (C=O) groups is 1. The van der Waals surface area contributed by atoms with Crippen LogP contribution in [0.3, 0.4) is 0 Å². The number of rotatable bonds is 5. The molecule has 0 saturated heterocycles. The highest BCUT2D eigenvalue weighted by molar-refractivity contribution is 6.20. The third-order valence-electron chi connectivity index (χ3n) is 2.46. The van der Waals surface area contributed by atoms with Gasteiger partial charge in [0.05, 0.1) is 10.9 Å². The van der Waals surface area contributed by atoms with Crippen molar-refractivity contribution in [3.8, 4) is 5.75 Å². The predicted octanol–water partition coefficient (Wildman–Crippen LogP) is 2.95. The van der Waals surface area contributed by atoms with Gasteiger partial charge in [0.1, 0.15) is 0 Å². The highest BCUT2D eigenvalue weighted by Crippen LogP contribution is 2.25. The van der Waals surface area contributed by atoms with Crippen LogP contribution in [0.5, 0.6) is 5.75 Å². The van der Waals surface area contributed by atoms with Crippen LogP contribution in [-0.2, 0) is 0 Å². The molecular weight excluding hydrogens is 283 g/mol. The van der Waals surface area contributed by atoms with Crippen molar-refractivity contribution >= 4 is 17.5 Å². The van der Waals surface area contributed by atoms with Gasteiger partial charge >= 0.3 is 0 Å². The van der Waals surface area contributed by atoms with Gasteiger partial charge in [-0.1, -0.05) is 13.3 Å². The highest BCUT2D eigenvalue weighted by atomic mass is 35.5. The number of hydrogen-bond acceptors (Lipinski definition) is 2. The van der Waals surface area contributed by atoms with Gasteiger partial charge < -0.3 is 10.4 Å². The monoisotopic (exact) mass is 295 g/mol. The molecule has 1 unspecified atom stereocenters. The van der Waals surface area contributed by atoms with Crippen LogP contribution in [0.1, 0.15) is 30.1 Å². The van der Waals surface area contributed by atoms with Crippen molar-refractivity contribution in [2.75, 3.05) is 6.54 Å². The summed E-state index contributed by atoms with van der Waals surface area (Å²) in [7, 11) is 0. The van der Waals surface area contributed by atoms with Gasteiger partial charge in [0, 0.05) is 6.54 Å². The zero-order chi connectivity index (χ0) is 14.6. The second-order valence-corrected chi connectivity index (χ2v) is 4.60. The zero-order valence-corrected chi connectivity index (χ0v) is 10.9. The fourth-order valence-corrected chi connectivity index (χ4v) is 1.77. The molecule has 3 nitrogen and oxygen atoms in total. The van der Waals surface area contributed by atoms with Crippen LogP contribution in [0.4, 0.5) is 13.2 Å². The van der Waals surface area contributed by atoms with Gasteiger partial charge in [0.25, 0.3) is 5.91 Å². The Kier molecular flexibility index (Phi) is 5.47. The van der Waals surface area contributed by atoms with E-state index in [1.165, 1.54) is 0 Å². The molecule has 0 aliphatic carbocycles. The topological polar surface area (TPSA) is 49.3 Å². The first-order valence-corrected chi connectivity index (χ1v) is 6.10. The molecule has 1 atom stereocenters. The Balaban J connectivity index is 2.83. The maximum atomic E-state index is 13.4. The molecule has 1 aromatic rings. The Hall–Kier alpha value is -1.43. The first-order valence-electron chi connectivity index (χ1n) is 5.67. The van der Waals surface area contributed by atoms with E-state index in [4.69, 9.17) is 16.7 Å². The third-order valence-corrected chi connectivity index (χ3v) is 2.84. The van der Waals surface area contributed by atoms with E-state index in [1.54, 1.807) is 0 Å². The maximum Gasteiger partial charge on any atom is 0.254 e. The maximum absolute atomic E-state index is 13.4. The van der Waals surface area contributed by atoms with Crippen LogP contribution >= 0.6 is 11.6 Å². The molecule has 1 aromatic carbocycles. The summed E-state index contributed by atoms with van der Waals surface area (Å²) in [5.74, 6) is -7.21. The molecule has 106 valence electrons. The van der Waals surface area contributed by atoms with E-state index in [1.807, 2.05) is 6.92 Å². The summed E-state index contributed by atoms with van der Waals surface area (Å²) in [5.41, 5.74) is -0.767. The lowest BCUT2D eigenvalue weighted by Gasteiger charge is -2.11. The van der Waals surface area contributed by atoms with Crippen molar-refractivity contribution in [1.82, 2.24) is 5.32 Å². The molecule has 0 aliphatic rings. The van der Waals surface area contributed by atoms with Gasteiger partial charge in [-0.3, -0.25) is 4.79 Å². The fourth-order valence-electron chi connectivity index (χ4n) is 1.47. The third kappa shape index (κ3) is 3.76. The summed E-state index contributed by atoms with van der Waals surface area (Å²) in [6, 6.07) is 0.392. The lowest BCUT2D eigenvalue weighted by atomic mass is 10.1. The van der Waals surface area contributed by atoms with Crippen LogP contribution in [0.15, 0.2) is 6.07 Å². The molecule has 0 fully saturated rings. The normalized spacial score (nSPS) is 12.3. The molecule has 1 rings (SSSR count). The molecule has 0 spiro atoms. The number of nitrogens with one attached hydrogen (secondary N) is 1. The minimum absolute atomic E-state index is 0.0629. The van der Waals surface area contributed by atoms with E-state index in [0.29, 0.717) is 12.5 Å². The van der Waals surface area contributed by atoms with Crippen molar-refractivity contribution in [2.24, 2.45) is 0 Å². The molecule has 1 amide bonds. The standard InChI is InChI=1S/C12H13ClF3NO2/c1-2-3-6(13)5-17-12(19)7-4-8(14)10(16)11(18)9(7)15/h4,6,18H,2-3,5H2,1H3,(H,17,19). The summed E-state index contributed by atoms with van der Waals surface area (Å²) in [5, 5.41) is 10.9. The van der Waals surface area contributed by atoms with Gasteiger partial charge in [-0.05, 0) is 12.5 Å². The van der Waals surface area contributed by atoms with Crippen LogP contribution in [-0.4, -0.2) is 22.9 Å². The number of alkyl halides is 1. The largest absolute Gasteiger partial charge is 0.503 e. The SMILES string of the molecule is CCCC(Cl)CNC(=O)c1cc(F)c(F)c(O)c1F. The molecule has 0 bridgehead atoms. The van der Waals surface area contributed by atoms with E-state index >= 15 is 0 Å². The van der Waals surface area contributed by atoms with Crippen LogP contribution in [0.2, 0.25) is 0 Å². The van der Waals surface area contributed by atoms with Crippen molar-refractivity contribution in [3.05, 3.63) is 29.1 Å². The average molecular weight is 296 g/mol. The molecule has 2 N–H and O–H groups in total. The molecular formula is C12H13ClF3NO2. The summed E-state index contributed by atoms with van der Waals surface area (Å²) in [4.78, 5) is 11.6. The van der Waals surface area contributed by atoms with Gasteiger partial charge in [0.15, 0.2) is 17.4 Å². The van der Waals surface area contributed by atoms with Gasteiger partial charge in [-0.2, -0.15) is 4.39 Å². The van der Waals surface area contributed by atoms with E-state index in [9.17, 15) is 18.0 Å². The Morgan fingerprint density at radius 1 is 1.42 bits per heavy atom. The lowest BCUT2D eigenvalue weighted by Crippen LogP contribution is -2.30. The number of benzene rings is 1. The number of hydrogen-bond donors (Lipinski definition) is 2. The molecule has 19 heavy (non-hydrogen) atoms. The van der Waals surface area contributed by atoms with Crippen molar-refractivity contribution in [3.63, 3.8) is 0 Å².